The second kappa shape index (κ2) is 9.81. The van der Waals surface area contributed by atoms with Gasteiger partial charge in [0.05, 0.1) is 23.4 Å². The lowest BCUT2D eigenvalue weighted by molar-refractivity contribution is -0.137. The van der Waals surface area contributed by atoms with Gasteiger partial charge in [0.25, 0.3) is 0 Å². The molecule has 3 aromatic rings. The van der Waals surface area contributed by atoms with E-state index < -0.39 is 11.7 Å². The minimum absolute atomic E-state index is 0.0264. The first-order chi connectivity index (χ1) is 17.0. The number of fused-ring (bicyclic) bond motifs is 1. The fraction of sp³-hybridized carbons (Fsp3) is 0.320. The summed E-state index contributed by atoms with van der Waals surface area (Å²) in [6.45, 7) is 4.90. The maximum absolute atomic E-state index is 12.9. The van der Waals surface area contributed by atoms with Crippen molar-refractivity contribution in [2.45, 2.75) is 39.2 Å². The third-order valence-electron chi connectivity index (χ3n) is 6.12. The summed E-state index contributed by atoms with van der Waals surface area (Å²) in [5.74, 6) is 0.818. The van der Waals surface area contributed by atoms with Gasteiger partial charge in [0.15, 0.2) is 0 Å². The van der Waals surface area contributed by atoms with Crippen molar-refractivity contribution in [1.82, 2.24) is 14.5 Å². The van der Waals surface area contributed by atoms with Gasteiger partial charge in [-0.25, -0.2) is 4.99 Å². The fourth-order valence-corrected chi connectivity index (χ4v) is 4.23. The Kier molecular flexibility index (Phi) is 6.94. The number of anilines is 1. The van der Waals surface area contributed by atoms with E-state index in [9.17, 15) is 18.3 Å². The largest absolute Gasteiger partial charge is 0.508 e. The number of hydrogen-bond donors (Lipinski definition) is 4. The number of hydrogen-bond acceptors (Lipinski definition) is 6. The molecule has 36 heavy (non-hydrogen) atoms. The molecule has 0 saturated carbocycles. The molecule has 1 aliphatic rings. The molecule has 190 valence electrons. The van der Waals surface area contributed by atoms with Gasteiger partial charge in [-0.2, -0.15) is 13.2 Å². The number of aromatic nitrogens is 2. The first-order valence-electron chi connectivity index (χ1n) is 11.4. The van der Waals surface area contributed by atoms with Gasteiger partial charge in [-0.15, -0.1) is 0 Å². The average Bonchev–Trinajstić information content (AvgIpc) is 3.29. The first-order valence-corrected chi connectivity index (χ1v) is 11.8. The highest BCUT2D eigenvalue weighted by Crippen LogP contribution is 2.29. The molecular weight excluding hydrogens is 489 g/mol. The van der Waals surface area contributed by atoms with Crippen LogP contribution >= 0.6 is 12.2 Å². The monoisotopic (exact) mass is 516 g/mol. The van der Waals surface area contributed by atoms with E-state index in [0.29, 0.717) is 39.1 Å². The molecule has 1 unspecified atom stereocenters. The molecule has 0 radical (unpaired) electrons. The Labute approximate surface area is 210 Å². The lowest BCUT2D eigenvalue weighted by Gasteiger charge is -2.16. The van der Waals surface area contributed by atoms with Crippen molar-refractivity contribution in [3.8, 4) is 5.75 Å². The molecule has 0 fully saturated rings. The van der Waals surface area contributed by atoms with Gasteiger partial charge in [-0.1, -0.05) is 38.2 Å². The Hall–Kier alpha value is -3.60. The predicted molar refractivity (Wildman–Crippen MR) is 133 cm³/mol. The Balaban J connectivity index is 1.80. The molecule has 7 nitrogen and oxygen atoms in total. The molecule has 0 aliphatic carbocycles. The van der Waals surface area contributed by atoms with Gasteiger partial charge in [0.1, 0.15) is 21.7 Å². The molecule has 2 aromatic carbocycles. The Morgan fingerprint density at radius 3 is 2.39 bits per heavy atom. The standard InChI is InChI=1S/C25H27F3N6OS/c1-14(2)19-13-34-21(29)20(23(36)33(3)24(34)32-19)22(31-17-8-10-18(35)11-9-17)30-12-15-4-6-16(7-5-15)25(26,27)28/h4-11,14,19,29-31,35H,12-13H2,1-3H3/b22-20-,29-21?. The number of alkyl halides is 3. The zero-order valence-electron chi connectivity index (χ0n) is 20.0. The number of nitrogens with zero attached hydrogens (tertiary/aromatic N) is 3. The summed E-state index contributed by atoms with van der Waals surface area (Å²) >= 11 is 5.73. The van der Waals surface area contributed by atoms with E-state index in [1.165, 1.54) is 24.3 Å². The smallest absolute Gasteiger partial charge is 0.416 e. The van der Waals surface area contributed by atoms with Crippen LogP contribution in [-0.2, 0) is 26.3 Å². The molecule has 11 heteroatoms. The van der Waals surface area contributed by atoms with Gasteiger partial charge in [0.2, 0.25) is 5.62 Å². The van der Waals surface area contributed by atoms with Crippen LogP contribution in [-0.4, -0.2) is 20.3 Å². The minimum atomic E-state index is -4.41. The number of benzene rings is 2. The number of aromatic hydroxyl groups is 1. The number of phenolic OH excluding ortho intramolecular Hbond substituents is 1. The molecule has 1 aliphatic heterocycles. The van der Waals surface area contributed by atoms with Crippen LogP contribution in [0.3, 0.4) is 0 Å². The van der Waals surface area contributed by atoms with Crippen molar-refractivity contribution in [3.63, 3.8) is 0 Å². The highest BCUT2D eigenvalue weighted by molar-refractivity contribution is 7.71. The summed E-state index contributed by atoms with van der Waals surface area (Å²) in [7, 11) is 1.80. The summed E-state index contributed by atoms with van der Waals surface area (Å²) in [6, 6.07) is 11.3. The van der Waals surface area contributed by atoms with Crippen LogP contribution in [0.1, 0.15) is 25.0 Å². The SMILES string of the molecule is CC(C)C1Cn2c(=N)/c(=C(\NCc3ccc(C(F)(F)F)cc3)Nc3ccc(O)cc3)c(=S)n(C)c2=N1. The Bertz CT molecular complexity index is 1510. The van der Waals surface area contributed by atoms with Crippen LogP contribution in [0, 0.1) is 16.0 Å². The van der Waals surface area contributed by atoms with E-state index >= 15 is 0 Å². The van der Waals surface area contributed by atoms with Crippen LogP contribution in [0.4, 0.5) is 18.9 Å². The van der Waals surface area contributed by atoms with Crippen LogP contribution in [0.2, 0.25) is 0 Å². The lowest BCUT2D eigenvalue weighted by Crippen LogP contribution is -2.49. The second-order valence-electron chi connectivity index (χ2n) is 9.03. The van der Waals surface area contributed by atoms with Crippen LogP contribution in [0.5, 0.6) is 5.75 Å². The summed E-state index contributed by atoms with van der Waals surface area (Å²) in [5, 5.41) is 25.5. The Morgan fingerprint density at radius 1 is 1.17 bits per heavy atom. The van der Waals surface area contributed by atoms with Gasteiger partial charge >= 0.3 is 6.18 Å². The summed E-state index contributed by atoms with van der Waals surface area (Å²) in [5.41, 5.74) is 1.35. The quantitative estimate of drug-likeness (QED) is 0.299. The van der Waals surface area contributed by atoms with E-state index in [1.54, 1.807) is 23.7 Å². The number of halogens is 3. The molecule has 4 rings (SSSR count). The third-order valence-corrected chi connectivity index (χ3v) is 6.60. The molecule has 0 bridgehead atoms. The fourth-order valence-electron chi connectivity index (χ4n) is 3.95. The minimum Gasteiger partial charge on any atom is -0.508 e. The van der Waals surface area contributed by atoms with Crippen molar-refractivity contribution in [3.05, 3.63) is 80.6 Å². The number of phenols is 1. The molecule has 4 N–H and O–H groups in total. The van der Waals surface area contributed by atoms with Gasteiger partial charge in [-0.05, 0) is 47.9 Å². The van der Waals surface area contributed by atoms with Crippen molar-refractivity contribution in [1.29, 1.82) is 5.41 Å². The van der Waals surface area contributed by atoms with E-state index in [0.717, 1.165) is 12.1 Å². The van der Waals surface area contributed by atoms with Gasteiger partial charge in [-0.3, -0.25) is 9.98 Å². The predicted octanol–water partition coefficient (Wildman–Crippen LogP) is 3.39. The summed E-state index contributed by atoms with van der Waals surface area (Å²) < 4.78 is 42.8. The molecule has 2 heterocycles. The zero-order chi connectivity index (χ0) is 26.2. The Morgan fingerprint density at radius 2 is 1.81 bits per heavy atom. The highest BCUT2D eigenvalue weighted by atomic mass is 32.1. The van der Waals surface area contributed by atoms with Gasteiger partial charge < -0.3 is 20.3 Å². The van der Waals surface area contributed by atoms with Crippen LogP contribution in [0.15, 0.2) is 53.5 Å². The van der Waals surface area contributed by atoms with Crippen LogP contribution < -0.4 is 27.0 Å². The van der Waals surface area contributed by atoms with E-state index in [4.69, 9.17) is 22.6 Å². The maximum atomic E-state index is 12.9. The van der Waals surface area contributed by atoms with Gasteiger partial charge in [0, 0.05) is 19.3 Å². The van der Waals surface area contributed by atoms with E-state index in [1.807, 2.05) is 4.57 Å². The molecule has 1 aromatic heterocycles. The summed E-state index contributed by atoms with van der Waals surface area (Å²) in [6.07, 6.45) is -4.41. The van der Waals surface area contributed by atoms with Crippen molar-refractivity contribution >= 4 is 23.7 Å². The average molecular weight is 517 g/mol. The molecule has 0 amide bonds. The van der Waals surface area contributed by atoms with Crippen LogP contribution in [0.25, 0.3) is 5.82 Å². The number of nitrogens with one attached hydrogen (secondary N) is 3. The maximum Gasteiger partial charge on any atom is 0.416 e. The second-order valence-corrected chi connectivity index (χ2v) is 9.42. The van der Waals surface area contributed by atoms with E-state index in [2.05, 4.69) is 24.5 Å². The highest BCUT2D eigenvalue weighted by Gasteiger charge is 2.30. The van der Waals surface area contributed by atoms with Crippen molar-refractivity contribution < 1.29 is 18.3 Å². The molecule has 0 spiro atoms. The topological polar surface area (TPSA) is 90.4 Å². The molecular formula is C25H27F3N6OS. The normalized spacial score (nSPS) is 15.9. The van der Waals surface area contributed by atoms with Crippen molar-refractivity contribution in [2.24, 2.45) is 18.0 Å². The van der Waals surface area contributed by atoms with E-state index in [-0.39, 0.29) is 29.7 Å². The summed E-state index contributed by atoms with van der Waals surface area (Å²) in [4.78, 5) is 4.76. The third kappa shape index (κ3) is 5.15. The van der Waals surface area contributed by atoms with Crippen molar-refractivity contribution in [2.75, 3.05) is 5.32 Å². The molecule has 1 atom stereocenters. The first kappa shape index (κ1) is 25.5. The zero-order valence-corrected chi connectivity index (χ0v) is 20.8. The number of rotatable bonds is 6. The molecule has 0 saturated heterocycles. The lowest BCUT2D eigenvalue weighted by atomic mass is 10.1.